The second kappa shape index (κ2) is 5.96. The zero-order valence-electron chi connectivity index (χ0n) is 10.6. The number of carbonyl (C=O) groups excluding carboxylic acids is 2. The van der Waals surface area contributed by atoms with Gasteiger partial charge in [0, 0.05) is 11.1 Å². The Morgan fingerprint density at radius 2 is 1.58 bits per heavy atom. The van der Waals surface area contributed by atoms with Crippen molar-refractivity contribution in [3.63, 3.8) is 0 Å². The summed E-state index contributed by atoms with van der Waals surface area (Å²) in [6.45, 7) is 0. The molecule has 2 rings (SSSR count). The monoisotopic (exact) mass is 254 g/mol. The number of hydrogen-bond acceptors (Lipinski definition) is 3. The third-order valence-corrected chi connectivity index (χ3v) is 2.86. The molecule has 0 aromatic heterocycles. The molecule has 0 fully saturated rings. The largest absolute Gasteiger partial charge is 0.469 e. The highest BCUT2D eigenvalue weighted by Gasteiger charge is 2.15. The van der Waals surface area contributed by atoms with Crippen LogP contribution in [-0.2, 0) is 16.0 Å². The van der Waals surface area contributed by atoms with Gasteiger partial charge in [-0.1, -0.05) is 54.6 Å². The van der Waals surface area contributed by atoms with Gasteiger partial charge in [-0.05, 0) is 5.56 Å². The van der Waals surface area contributed by atoms with E-state index in [1.54, 1.807) is 36.4 Å². The number of carbonyl (C=O) groups is 2. The minimum atomic E-state index is -0.353. The molecule has 0 saturated carbocycles. The van der Waals surface area contributed by atoms with E-state index in [2.05, 4.69) is 4.74 Å². The van der Waals surface area contributed by atoms with Crippen molar-refractivity contribution in [2.24, 2.45) is 0 Å². The Morgan fingerprint density at radius 3 is 2.26 bits per heavy atom. The lowest BCUT2D eigenvalue weighted by Gasteiger charge is -2.07. The van der Waals surface area contributed by atoms with Crippen molar-refractivity contribution in [2.45, 2.75) is 6.42 Å². The summed E-state index contributed by atoms with van der Waals surface area (Å²) in [4.78, 5) is 23.7. The highest BCUT2D eigenvalue weighted by Crippen LogP contribution is 2.15. The number of benzene rings is 2. The van der Waals surface area contributed by atoms with Gasteiger partial charge in [-0.15, -0.1) is 0 Å². The molecule has 3 nitrogen and oxygen atoms in total. The number of esters is 1. The zero-order chi connectivity index (χ0) is 13.7. The average molecular weight is 254 g/mol. The molecule has 2 aromatic rings. The molecule has 0 N–H and O–H groups in total. The fourth-order valence-corrected chi connectivity index (χ4v) is 1.87. The van der Waals surface area contributed by atoms with E-state index in [0.29, 0.717) is 16.7 Å². The number of hydrogen-bond donors (Lipinski definition) is 0. The summed E-state index contributed by atoms with van der Waals surface area (Å²) >= 11 is 0. The molecular formula is C16H14O3. The summed E-state index contributed by atoms with van der Waals surface area (Å²) in [7, 11) is 1.34. The van der Waals surface area contributed by atoms with E-state index in [-0.39, 0.29) is 18.2 Å². The summed E-state index contributed by atoms with van der Waals surface area (Å²) in [5.41, 5.74) is 1.84. The molecule has 0 aliphatic heterocycles. The smallest absolute Gasteiger partial charge is 0.310 e. The molecule has 0 aliphatic carbocycles. The predicted molar refractivity (Wildman–Crippen MR) is 72.0 cm³/mol. The van der Waals surface area contributed by atoms with Crippen molar-refractivity contribution >= 4 is 11.8 Å². The number of ketones is 1. The van der Waals surface area contributed by atoms with Gasteiger partial charge in [0.05, 0.1) is 13.5 Å². The van der Waals surface area contributed by atoms with Gasteiger partial charge in [-0.25, -0.2) is 0 Å². The molecule has 19 heavy (non-hydrogen) atoms. The molecule has 0 unspecified atom stereocenters. The van der Waals surface area contributed by atoms with Crippen LogP contribution < -0.4 is 0 Å². The second-order valence-electron chi connectivity index (χ2n) is 4.11. The molecule has 0 amide bonds. The molecule has 0 radical (unpaired) electrons. The molecule has 0 heterocycles. The van der Waals surface area contributed by atoms with Crippen LogP contribution in [0.25, 0.3) is 0 Å². The lowest BCUT2D eigenvalue weighted by molar-refractivity contribution is -0.139. The Hall–Kier alpha value is -2.42. The van der Waals surface area contributed by atoms with Crippen molar-refractivity contribution in [3.05, 3.63) is 71.3 Å². The fraction of sp³-hybridized carbons (Fsp3) is 0.125. The molecule has 2 aromatic carbocycles. The quantitative estimate of drug-likeness (QED) is 0.622. The highest BCUT2D eigenvalue weighted by atomic mass is 16.5. The normalized spacial score (nSPS) is 9.95. The average Bonchev–Trinajstić information content (AvgIpc) is 2.48. The standard InChI is InChI=1S/C16H14O3/c1-19-15(17)11-13-9-5-6-10-14(13)16(18)12-7-3-2-4-8-12/h2-10H,11H2,1H3. The van der Waals surface area contributed by atoms with Gasteiger partial charge in [0.2, 0.25) is 0 Å². The van der Waals surface area contributed by atoms with Crippen molar-refractivity contribution in [2.75, 3.05) is 7.11 Å². The Balaban J connectivity index is 2.35. The van der Waals surface area contributed by atoms with Crippen LogP contribution >= 0.6 is 0 Å². The van der Waals surface area contributed by atoms with Crippen LogP contribution in [0.1, 0.15) is 21.5 Å². The van der Waals surface area contributed by atoms with Crippen LogP contribution in [0, 0.1) is 0 Å². The lowest BCUT2D eigenvalue weighted by atomic mass is 9.97. The number of methoxy groups -OCH3 is 1. The molecule has 3 heteroatoms. The van der Waals surface area contributed by atoms with Crippen LogP contribution in [0.2, 0.25) is 0 Å². The van der Waals surface area contributed by atoms with Crippen LogP contribution in [0.15, 0.2) is 54.6 Å². The molecule has 0 bridgehead atoms. The van der Waals surface area contributed by atoms with Gasteiger partial charge in [0.1, 0.15) is 0 Å². The fourth-order valence-electron chi connectivity index (χ4n) is 1.87. The van der Waals surface area contributed by atoms with Crippen molar-refractivity contribution in [3.8, 4) is 0 Å². The predicted octanol–water partition coefficient (Wildman–Crippen LogP) is 2.63. The van der Waals surface area contributed by atoms with Gasteiger partial charge in [-0.3, -0.25) is 9.59 Å². The van der Waals surface area contributed by atoms with Crippen molar-refractivity contribution < 1.29 is 14.3 Å². The Bertz CT molecular complexity index is 588. The minimum absolute atomic E-state index is 0.0832. The zero-order valence-corrected chi connectivity index (χ0v) is 10.6. The molecular weight excluding hydrogens is 240 g/mol. The van der Waals surface area contributed by atoms with E-state index >= 15 is 0 Å². The topological polar surface area (TPSA) is 43.4 Å². The van der Waals surface area contributed by atoms with Gasteiger partial charge < -0.3 is 4.74 Å². The Labute approximate surface area is 111 Å². The van der Waals surface area contributed by atoms with E-state index in [0.717, 1.165) is 0 Å². The Morgan fingerprint density at radius 1 is 0.947 bits per heavy atom. The summed E-state index contributed by atoms with van der Waals surface area (Å²) in [5, 5.41) is 0. The molecule has 0 aliphatic rings. The third-order valence-electron chi connectivity index (χ3n) is 2.86. The second-order valence-corrected chi connectivity index (χ2v) is 4.11. The number of rotatable bonds is 4. The summed E-state index contributed by atoms with van der Waals surface area (Å²) in [6.07, 6.45) is 0.102. The minimum Gasteiger partial charge on any atom is -0.469 e. The maximum atomic E-state index is 12.4. The first-order valence-corrected chi connectivity index (χ1v) is 5.97. The maximum absolute atomic E-state index is 12.4. The third kappa shape index (κ3) is 3.07. The summed E-state index contributed by atoms with van der Waals surface area (Å²) in [5.74, 6) is -0.437. The molecule has 0 spiro atoms. The van der Waals surface area contributed by atoms with Gasteiger partial charge in [0.15, 0.2) is 5.78 Å². The SMILES string of the molecule is COC(=O)Cc1ccccc1C(=O)c1ccccc1. The maximum Gasteiger partial charge on any atom is 0.310 e. The van der Waals surface area contributed by atoms with Crippen molar-refractivity contribution in [1.82, 2.24) is 0 Å². The lowest BCUT2D eigenvalue weighted by Crippen LogP contribution is -2.10. The first-order chi connectivity index (χ1) is 9.22. The molecule has 0 saturated heterocycles. The summed E-state index contributed by atoms with van der Waals surface area (Å²) < 4.78 is 4.64. The van der Waals surface area contributed by atoms with E-state index in [4.69, 9.17) is 0 Å². The summed E-state index contributed by atoms with van der Waals surface area (Å²) in [6, 6.07) is 16.1. The van der Waals surface area contributed by atoms with Crippen LogP contribution in [0.3, 0.4) is 0 Å². The van der Waals surface area contributed by atoms with Crippen molar-refractivity contribution in [1.29, 1.82) is 0 Å². The first-order valence-electron chi connectivity index (χ1n) is 5.97. The van der Waals surface area contributed by atoms with E-state index in [9.17, 15) is 9.59 Å². The van der Waals surface area contributed by atoms with Crippen LogP contribution in [-0.4, -0.2) is 18.9 Å². The Kier molecular flexibility index (Phi) is 4.08. The van der Waals surface area contributed by atoms with Gasteiger partial charge in [-0.2, -0.15) is 0 Å². The molecule has 96 valence electrons. The first kappa shape index (κ1) is 13.0. The van der Waals surface area contributed by atoms with E-state index in [1.807, 2.05) is 18.2 Å². The van der Waals surface area contributed by atoms with Gasteiger partial charge >= 0.3 is 5.97 Å². The van der Waals surface area contributed by atoms with Crippen LogP contribution in [0.4, 0.5) is 0 Å². The number of ether oxygens (including phenoxy) is 1. The molecule has 0 atom stereocenters. The highest BCUT2D eigenvalue weighted by molar-refractivity contribution is 6.10. The van der Waals surface area contributed by atoms with Gasteiger partial charge in [0.25, 0.3) is 0 Å². The van der Waals surface area contributed by atoms with E-state index < -0.39 is 0 Å². The van der Waals surface area contributed by atoms with E-state index in [1.165, 1.54) is 7.11 Å². The van der Waals surface area contributed by atoms with Crippen LogP contribution in [0.5, 0.6) is 0 Å².